The Hall–Kier alpha value is -2.59. The Balaban J connectivity index is 2.88. The summed E-state index contributed by atoms with van der Waals surface area (Å²) in [6.07, 6.45) is 1.20. The van der Waals surface area contributed by atoms with Crippen LogP contribution in [-0.2, 0) is 25.6 Å². The molecule has 0 saturated carbocycles. The summed E-state index contributed by atoms with van der Waals surface area (Å²) in [4.78, 5) is 46.1. The fourth-order valence-corrected chi connectivity index (χ4v) is 2.31. The highest BCUT2D eigenvalue weighted by Gasteiger charge is 2.26. The number of carbonyl (C=O) groups is 3. The molecular weight excluding hydrogens is 374 g/mol. The van der Waals surface area contributed by atoms with Gasteiger partial charge in [0.25, 0.3) is 0 Å². The number of carbonyl (C=O) groups excluding carboxylic acids is 3. The molecule has 6 N–H and O–H groups in total. The second-order valence-electron chi connectivity index (χ2n) is 5.83. The first-order chi connectivity index (χ1) is 12.8. The average molecular weight is 396 g/mol. The fraction of sp³-hybridized carbons (Fsp3) is 0.412. The molecule has 0 aliphatic heterocycles. The maximum atomic E-state index is 12.5. The molecule has 0 aromatic heterocycles. The number of nitrogens with one attached hydrogen (secondary N) is 2. The van der Waals surface area contributed by atoms with Gasteiger partial charge in [-0.3, -0.25) is 19.2 Å². The van der Waals surface area contributed by atoms with E-state index in [1.807, 2.05) is 0 Å². The maximum Gasteiger partial charge on any atom is 0.303 e. The highest BCUT2D eigenvalue weighted by molar-refractivity contribution is 7.80. The van der Waals surface area contributed by atoms with E-state index in [-0.39, 0.29) is 30.8 Å². The number of phenolic OH excluding ortho intramolecular Hbond substituents is 1. The van der Waals surface area contributed by atoms with Gasteiger partial charge in [0.05, 0.1) is 12.1 Å². The Morgan fingerprint density at radius 2 is 1.78 bits per heavy atom. The molecule has 2 amide bonds. The summed E-state index contributed by atoms with van der Waals surface area (Å²) in [5, 5.41) is 22.9. The number of carboxylic acid groups (broad SMARTS) is 1. The molecule has 1 rings (SSSR count). The number of amides is 2. The van der Waals surface area contributed by atoms with E-state index in [1.165, 1.54) is 12.1 Å². The molecule has 1 aromatic carbocycles. The summed E-state index contributed by atoms with van der Waals surface area (Å²) in [6, 6.07) is 2.91. The minimum absolute atomic E-state index is 0.0465. The fourth-order valence-electron chi connectivity index (χ4n) is 2.14. The monoisotopic (exact) mass is 396 g/mol. The van der Waals surface area contributed by atoms with Crippen LogP contribution in [0, 0.1) is 0 Å². The molecule has 0 heterocycles. The zero-order valence-corrected chi connectivity index (χ0v) is 15.3. The molecule has 1 radical (unpaired) electrons. The Morgan fingerprint density at radius 1 is 1.15 bits per heavy atom. The first-order valence-corrected chi connectivity index (χ1v) is 8.74. The minimum Gasteiger partial charge on any atom is -0.508 e. The highest BCUT2D eigenvalue weighted by atomic mass is 32.1. The molecule has 1 aromatic rings. The zero-order valence-electron chi connectivity index (χ0n) is 14.4. The average Bonchev–Trinajstić information content (AvgIpc) is 2.64. The van der Waals surface area contributed by atoms with E-state index in [0.717, 1.165) is 0 Å². The van der Waals surface area contributed by atoms with Gasteiger partial charge in [-0.2, -0.15) is 12.6 Å². The van der Waals surface area contributed by atoms with Crippen molar-refractivity contribution in [3.8, 4) is 5.75 Å². The van der Waals surface area contributed by atoms with Crippen LogP contribution in [0.15, 0.2) is 24.3 Å². The van der Waals surface area contributed by atoms with E-state index in [0.29, 0.717) is 5.56 Å². The molecular formula is C17H22N3O6S. The molecule has 9 nitrogen and oxygen atoms in total. The molecule has 0 saturated heterocycles. The quantitative estimate of drug-likeness (QED) is 0.265. The summed E-state index contributed by atoms with van der Waals surface area (Å²) >= 11 is 3.94. The van der Waals surface area contributed by atoms with Gasteiger partial charge in [0.15, 0.2) is 0 Å². The van der Waals surface area contributed by atoms with Gasteiger partial charge < -0.3 is 26.6 Å². The highest BCUT2D eigenvalue weighted by Crippen LogP contribution is 2.12. The molecule has 0 bridgehead atoms. The summed E-state index contributed by atoms with van der Waals surface area (Å²) in [5.41, 5.74) is 6.25. The number of hydrogen-bond donors (Lipinski definition) is 6. The van der Waals surface area contributed by atoms with Crippen molar-refractivity contribution >= 4 is 36.7 Å². The molecule has 27 heavy (non-hydrogen) atoms. The van der Waals surface area contributed by atoms with Crippen molar-refractivity contribution in [1.82, 2.24) is 10.6 Å². The van der Waals surface area contributed by atoms with Crippen LogP contribution in [0.25, 0.3) is 0 Å². The predicted octanol–water partition coefficient (Wildman–Crippen LogP) is -0.864. The lowest BCUT2D eigenvalue weighted by atomic mass is 10.0. The van der Waals surface area contributed by atoms with Gasteiger partial charge in [-0.1, -0.05) is 12.1 Å². The van der Waals surface area contributed by atoms with Crippen molar-refractivity contribution in [2.75, 3.05) is 5.75 Å². The minimum atomic E-state index is -1.12. The van der Waals surface area contributed by atoms with Crippen molar-refractivity contribution in [2.45, 2.75) is 37.4 Å². The van der Waals surface area contributed by atoms with Crippen LogP contribution >= 0.6 is 12.6 Å². The molecule has 0 unspecified atom stereocenters. The van der Waals surface area contributed by atoms with E-state index in [4.69, 9.17) is 10.8 Å². The maximum absolute atomic E-state index is 12.5. The summed E-state index contributed by atoms with van der Waals surface area (Å²) in [5.74, 6) is -2.27. The van der Waals surface area contributed by atoms with Crippen LogP contribution in [0.4, 0.5) is 0 Å². The molecule has 147 valence electrons. The van der Waals surface area contributed by atoms with Crippen LogP contribution in [0.3, 0.4) is 0 Å². The Morgan fingerprint density at radius 3 is 2.30 bits per heavy atom. The number of rotatable bonds is 11. The summed E-state index contributed by atoms with van der Waals surface area (Å²) in [6.45, 7) is 0. The van der Waals surface area contributed by atoms with E-state index in [2.05, 4.69) is 23.3 Å². The number of carboxylic acids is 1. The van der Waals surface area contributed by atoms with E-state index < -0.39 is 35.9 Å². The summed E-state index contributed by atoms with van der Waals surface area (Å²) < 4.78 is 0. The number of benzene rings is 1. The SMILES string of the molecule is N[C@@H](CS)C(=O)N[C@@H](Cc1ccc(O)cc1)C(=O)N[C@H]([C]=O)CCC(=O)O. The molecule has 0 aliphatic carbocycles. The molecule has 3 atom stereocenters. The lowest BCUT2D eigenvalue weighted by Gasteiger charge is -2.22. The normalized spacial score (nSPS) is 13.9. The van der Waals surface area contributed by atoms with Crippen molar-refractivity contribution in [3.05, 3.63) is 29.8 Å². The van der Waals surface area contributed by atoms with Gasteiger partial charge in [0.1, 0.15) is 11.8 Å². The van der Waals surface area contributed by atoms with Crippen molar-refractivity contribution in [3.63, 3.8) is 0 Å². The third kappa shape index (κ3) is 8.09. The van der Waals surface area contributed by atoms with Crippen LogP contribution in [0.5, 0.6) is 5.75 Å². The Bertz CT molecular complexity index is 667. The predicted molar refractivity (Wildman–Crippen MR) is 100 cm³/mol. The van der Waals surface area contributed by atoms with E-state index in [1.54, 1.807) is 18.4 Å². The number of nitrogens with two attached hydrogens (primary N) is 1. The smallest absolute Gasteiger partial charge is 0.303 e. The van der Waals surface area contributed by atoms with E-state index >= 15 is 0 Å². The van der Waals surface area contributed by atoms with Gasteiger partial charge in [0, 0.05) is 18.6 Å². The van der Waals surface area contributed by atoms with Crippen LogP contribution in [-0.4, -0.2) is 58.2 Å². The van der Waals surface area contributed by atoms with Crippen molar-refractivity contribution < 1.29 is 29.4 Å². The lowest BCUT2D eigenvalue weighted by Crippen LogP contribution is -2.54. The number of hydrogen-bond acceptors (Lipinski definition) is 7. The molecule has 0 spiro atoms. The van der Waals surface area contributed by atoms with E-state index in [9.17, 15) is 24.3 Å². The number of aliphatic carboxylic acids is 1. The van der Waals surface area contributed by atoms with Gasteiger partial charge in [-0.25, -0.2) is 0 Å². The van der Waals surface area contributed by atoms with Crippen LogP contribution in [0.1, 0.15) is 18.4 Å². The third-order valence-electron chi connectivity index (χ3n) is 3.65. The molecule has 0 aliphatic rings. The number of aromatic hydroxyl groups is 1. The van der Waals surface area contributed by atoms with Gasteiger partial charge >= 0.3 is 5.97 Å². The van der Waals surface area contributed by atoms with Crippen LogP contribution < -0.4 is 16.4 Å². The van der Waals surface area contributed by atoms with Gasteiger partial charge in [-0.05, 0) is 24.1 Å². The number of thiol groups is 1. The third-order valence-corrected chi connectivity index (χ3v) is 4.04. The topological polar surface area (TPSA) is 159 Å². The first-order valence-electron chi connectivity index (χ1n) is 8.11. The standard InChI is InChI=1S/C17H22N3O6S/c18-13(9-27)16(25)20-14(7-10-1-4-12(22)5-2-10)17(26)19-11(8-21)3-6-15(23)24/h1-2,4-5,11,13-14,22,27H,3,6-7,9,18H2,(H,19,26)(H,20,25)(H,23,24)/t11-,13-,14-/m0/s1. The number of phenols is 1. The largest absolute Gasteiger partial charge is 0.508 e. The van der Waals surface area contributed by atoms with Crippen molar-refractivity contribution in [2.24, 2.45) is 5.73 Å². The molecule has 0 fully saturated rings. The second-order valence-corrected chi connectivity index (χ2v) is 6.20. The van der Waals surface area contributed by atoms with Crippen LogP contribution in [0.2, 0.25) is 0 Å². The molecule has 10 heteroatoms. The van der Waals surface area contributed by atoms with Gasteiger partial charge in [0.2, 0.25) is 18.1 Å². The van der Waals surface area contributed by atoms with Crippen molar-refractivity contribution in [1.29, 1.82) is 0 Å². The Kier molecular flexibility index (Phi) is 9.31. The summed E-state index contributed by atoms with van der Waals surface area (Å²) in [7, 11) is 0. The Labute approximate surface area is 161 Å². The second kappa shape index (κ2) is 11.2. The zero-order chi connectivity index (χ0) is 20.4. The first kappa shape index (κ1) is 22.5. The lowest BCUT2D eigenvalue weighted by molar-refractivity contribution is -0.137. The van der Waals surface area contributed by atoms with Gasteiger partial charge in [-0.15, -0.1) is 0 Å².